The van der Waals surface area contributed by atoms with Gasteiger partial charge in [-0.05, 0) is 38.2 Å². The van der Waals surface area contributed by atoms with Crippen molar-refractivity contribution in [1.29, 1.82) is 0 Å². The summed E-state index contributed by atoms with van der Waals surface area (Å²) in [6, 6.07) is 7.22. The Kier molecular flexibility index (Phi) is 4.14. The Bertz CT molecular complexity index is 663. The lowest BCUT2D eigenvalue weighted by Crippen LogP contribution is -2.19. The van der Waals surface area contributed by atoms with Crippen LogP contribution in [0, 0.1) is 6.92 Å². The molecular weight excluding hydrogens is 272 g/mol. The molecule has 0 fully saturated rings. The number of ketones is 1. The number of rotatable bonds is 3. The third-order valence-electron chi connectivity index (χ3n) is 3.01. The van der Waals surface area contributed by atoms with Crippen LogP contribution in [0.25, 0.3) is 0 Å². The highest BCUT2D eigenvalue weighted by molar-refractivity contribution is 7.80. The van der Waals surface area contributed by atoms with E-state index in [1.165, 1.54) is 6.92 Å². The van der Waals surface area contributed by atoms with Gasteiger partial charge in [0.1, 0.15) is 0 Å². The molecule has 0 spiro atoms. The normalized spacial score (nSPS) is 10.2. The van der Waals surface area contributed by atoms with Gasteiger partial charge in [0.05, 0.1) is 17.6 Å². The quantitative estimate of drug-likeness (QED) is 0.672. The molecule has 20 heavy (non-hydrogen) atoms. The average molecular weight is 288 g/mol. The van der Waals surface area contributed by atoms with Crippen LogP contribution in [0.2, 0.25) is 0 Å². The van der Waals surface area contributed by atoms with Gasteiger partial charge in [0.25, 0.3) is 0 Å². The van der Waals surface area contributed by atoms with Crippen LogP contribution in [0.4, 0.5) is 11.4 Å². The number of nitrogens with one attached hydrogen (secondary N) is 2. The number of thiocarbonyl (C=S) groups is 1. The van der Waals surface area contributed by atoms with E-state index in [1.807, 2.05) is 26.1 Å². The fourth-order valence-electron chi connectivity index (χ4n) is 1.72. The number of hydrogen-bond donors (Lipinski definition) is 2. The summed E-state index contributed by atoms with van der Waals surface area (Å²) in [4.78, 5) is 11.3. The third kappa shape index (κ3) is 3.21. The highest BCUT2D eigenvalue weighted by Gasteiger charge is 2.06. The lowest BCUT2D eigenvalue weighted by molar-refractivity contribution is 0.101. The molecule has 0 radical (unpaired) electrons. The van der Waals surface area contributed by atoms with E-state index in [4.69, 9.17) is 12.2 Å². The summed E-state index contributed by atoms with van der Waals surface area (Å²) in [6.07, 6.45) is 1.72. The van der Waals surface area contributed by atoms with Crippen molar-refractivity contribution in [3.05, 3.63) is 41.7 Å². The molecule has 1 aromatic carbocycles. The topological polar surface area (TPSA) is 59.0 Å². The Balaban J connectivity index is 2.06. The molecule has 1 aromatic heterocycles. The number of aromatic nitrogens is 2. The number of Topliss-reactive ketones (excluding diaryl/α,β-unsaturated/α-hetero) is 1. The summed E-state index contributed by atoms with van der Waals surface area (Å²) in [6.45, 7) is 3.49. The number of anilines is 2. The predicted octanol–water partition coefficient (Wildman–Crippen LogP) is 2.74. The van der Waals surface area contributed by atoms with Crippen molar-refractivity contribution in [3.8, 4) is 0 Å². The number of aryl methyl sites for hydroxylation is 1. The molecule has 2 rings (SSSR count). The van der Waals surface area contributed by atoms with Gasteiger partial charge in [0, 0.05) is 18.3 Å². The average Bonchev–Trinajstić information content (AvgIpc) is 2.71. The third-order valence-corrected chi connectivity index (χ3v) is 3.21. The van der Waals surface area contributed by atoms with Gasteiger partial charge in [-0.2, -0.15) is 5.10 Å². The van der Waals surface area contributed by atoms with Crippen LogP contribution in [0.15, 0.2) is 30.5 Å². The zero-order valence-corrected chi connectivity index (χ0v) is 12.4. The lowest BCUT2D eigenvalue weighted by Gasteiger charge is -2.10. The van der Waals surface area contributed by atoms with Gasteiger partial charge in [0.15, 0.2) is 10.9 Å². The standard InChI is InChI=1S/C14H16N4OS/c1-9-13(8-15-18(9)3)17-14(20)16-12-6-4-5-11(7-12)10(2)19/h4-8H,1-3H3,(H2,16,17,20). The summed E-state index contributed by atoms with van der Waals surface area (Å²) in [5, 5.41) is 10.7. The summed E-state index contributed by atoms with van der Waals surface area (Å²) in [5.74, 6) is 0.0237. The first kappa shape index (κ1) is 14.2. The largest absolute Gasteiger partial charge is 0.332 e. The van der Waals surface area contributed by atoms with Crippen molar-refractivity contribution < 1.29 is 4.79 Å². The Labute approximate surface area is 123 Å². The van der Waals surface area contributed by atoms with Crippen LogP contribution in [0.1, 0.15) is 23.0 Å². The van der Waals surface area contributed by atoms with E-state index in [0.29, 0.717) is 10.7 Å². The summed E-state index contributed by atoms with van der Waals surface area (Å²) >= 11 is 5.25. The molecule has 0 aliphatic rings. The lowest BCUT2D eigenvalue weighted by atomic mass is 10.1. The Morgan fingerprint density at radius 2 is 2.10 bits per heavy atom. The smallest absolute Gasteiger partial charge is 0.175 e. The number of benzene rings is 1. The number of hydrogen-bond acceptors (Lipinski definition) is 3. The molecule has 5 nitrogen and oxygen atoms in total. The van der Waals surface area contributed by atoms with Crippen LogP contribution in [-0.4, -0.2) is 20.7 Å². The zero-order chi connectivity index (χ0) is 14.7. The second kappa shape index (κ2) is 5.83. The van der Waals surface area contributed by atoms with Gasteiger partial charge in [0.2, 0.25) is 0 Å². The minimum absolute atomic E-state index is 0.0237. The maximum atomic E-state index is 11.3. The van der Waals surface area contributed by atoms with Crippen molar-refractivity contribution in [1.82, 2.24) is 9.78 Å². The van der Waals surface area contributed by atoms with E-state index in [2.05, 4.69) is 15.7 Å². The van der Waals surface area contributed by atoms with E-state index in [9.17, 15) is 4.79 Å². The van der Waals surface area contributed by atoms with Crippen molar-refractivity contribution >= 4 is 34.5 Å². The Morgan fingerprint density at radius 1 is 1.35 bits per heavy atom. The second-order valence-corrected chi connectivity index (χ2v) is 4.89. The Hall–Kier alpha value is -2.21. The SMILES string of the molecule is CC(=O)c1cccc(NC(=S)Nc2cnn(C)c2C)c1. The molecule has 0 saturated heterocycles. The molecule has 6 heteroatoms. The molecule has 2 aromatic rings. The van der Waals surface area contributed by atoms with Gasteiger partial charge < -0.3 is 10.6 Å². The summed E-state index contributed by atoms with van der Waals surface area (Å²) in [5.41, 5.74) is 3.27. The van der Waals surface area contributed by atoms with Crippen molar-refractivity contribution in [3.63, 3.8) is 0 Å². The maximum absolute atomic E-state index is 11.3. The molecule has 104 valence electrons. The van der Waals surface area contributed by atoms with E-state index >= 15 is 0 Å². The highest BCUT2D eigenvalue weighted by atomic mass is 32.1. The molecule has 0 atom stereocenters. The molecule has 2 N–H and O–H groups in total. The first-order chi connectivity index (χ1) is 9.47. The fraction of sp³-hybridized carbons (Fsp3) is 0.214. The van der Waals surface area contributed by atoms with Crippen LogP contribution in [0.3, 0.4) is 0 Å². The minimum atomic E-state index is 0.0237. The first-order valence-corrected chi connectivity index (χ1v) is 6.56. The number of nitrogens with zero attached hydrogens (tertiary/aromatic N) is 2. The van der Waals surface area contributed by atoms with Crippen LogP contribution in [0.5, 0.6) is 0 Å². The van der Waals surface area contributed by atoms with Crippen molar-refractivity contribution in [2.24, 2.45) is 7.05 Å². The van der Waals surface area contributed by atoms with E-state index in [0.717, 1.165) is 17.1 Å². The fourth-order valence-corrected chi connectivity index (χ4v) is 1.95. The monoisotopic (exact) mass is 288 g/mol. The van der Waals surface area contributed by atoms with Crippen LogP contribution in [-0.2, 0) is 7.05 Å². The van der Waals surface area contributed by atoms with E-state index in [-0.39, 0.29) is 5.78 Å². The molecule has 1 heterocycles. The number of carbonyl (C=O) groups excluding carboxylic acids is 1. The molecule has 0 aliphatic heterocycles. The van der Waals surface area contributed by atoms with Gasteiger partial charge >= 0.3 is 0 Å². The van der Waals surface area contributed by atoms with Gasteiger partial charge in [-0.25, -0.2) is 0 Å². The minimum Gasteiger partial charge on any atom is -0.332 e. The van der Waals surface area contributed by atoms with Crippen molar-refractivity contribution in [2.45, 2.75) is 13.8 Å². The second-order valence-electron chi connectivity index (χ2n) is 4.48. The molecule has 0 amide bonds. The molecule has 0 unspecified atom stereocenters. The number of carbonyl (C=O) groups is 1. The summed E-state index contributed by atoms with van der Waals surface area (Å²) < 4.78 is 1.77. The van der Waals surface area contributed by atoms with E-state index in [1.54, 1.807) is 23.0 Å². The molecule has 0 saturated carbocycles. The van der Waals surface area contributed by atoms with Crippen LogP contribution < -0.4 is 10.6 Å². The highest BCUT2D eigenvalue weighted by Crippen LogP contribution is 2.14. The van der Waals surface area contributed by atoms with E-state index < -0.39 is 0 Å². The predicted molar refractivity (Wildman–Crippen MR) is 84.2 cm³/mol. The van der Waals surface area contributed by atoms with Crippen molar-refractivity contribution in [2.75, 3.05) is 10.6 Å². The Morgan fingerprint density at radius 3 is 2.70 bits per heavy atom. The maximum Gasteiger partial charge on any atom is 0.175 e. The summed E-state index contributed by atoms with van der Waals surface area (Å²) in [7, 11) is 1.87. The van der Waals surface area contributed by atoms with Gasteiger partial charge in [-0.1, -0.05) is 12.1 Å². The molecule has 0 aliphatic carbocycles. The van der Waals surface area contributed by atoms with Crippen LogP contribution >= 0.6 is 12.2 Å². The van der Waals surface area contributed by atoms with Gasteiger partial charge in [-0.3, -0.25) is 9.48 Å². The first-order valence-electron chi connectivity index (χ1n) is 6.15. The van der Waals surface area contributed by atoms with Gasteiger partial charge in [-0.15, -0.1) is 0 Å². The molecular formula is C14H16N4OS. The zero-order valence-electron chi connectivity index (χ0n) is 11.6. The molecule has 0 bridgehead atoms.